The second-order valence-corrected chi connectivity index (χ2v) is 4.71. The summed E-state index contributed by atoms with van der Waals surface area (Å²) in [7, 11) is 3.65. The number of hydrogen-bond donors (Lipinski definition) is 0. The van der Waals surface area contributed by atoms with Crippen molar-refractivity contribution in [2.75, 3.05) is 14.1 Å². The van der Waals surface area contributed by atoms with E-state index in [2.05, 4.69) is 0 Å². The summed E-state index contributed by atoms with van der Waals surface area (Å²) in [6, 6.07) is 5.62. The number of carbonyl (C=O) groups is 1. The molecule has 3 nitrogen and oxygen atoms in total. The third kappa shape index (κ3) is 2.64. The Morgan fingerprint density at radius 3 is 2.82 bits per heavy atom. The van der Waals surface area contributed by atoms with Crippen LogP contribution >= 0.6 is 12.2 Å². The summed E-state index contributed by atoms with van der Waals surface area (Å²) in [4.78, 5) is 13.5. The number of hydrogen-bond acceptors (Lipinski definition) is 3. The van der Waals surface area contributed by atoms with Gasteiger partial charge in [0.05, 0.1) is 0 Å². The molecule has 2 rings (SSSR count). The van der Waals surface area contributed by atoms with Gasteiger partial charge in [0.25, 0.3) is 5.17 Å². The van der Waals surface area contributed by atoms with Crippen molar-refractivity contribution in [3.8, 4) is 5.75 Å². The fraction of sp³-hybridized carbons (Fsp3) is 0.385. The largest absolute Gasteiger partial charge is 0.432 e. The fourth-order valence-electron chi connectivity index (χ4n) is 1.86. The minimum absolute atomic E-state index is 0.201. The minimum Gasteiger partial charge on any atom is -0.432 e. The highest BCUT2D eigenvalue weighted by atomic mass is 32.1. The molecular weight excluding hydrogens is 234 g/mol. The quantitative estimate of drug-likeness (QED) is 0.715. The molecule has 0 radical (unpaired) electrons. The van der Waals surface area contributed by atoms with Crippen LogP contribution in [0.5, 0.6) is 5.75 Å². The standard InChI is InChI=1S/C13H15NO2S/c1-14(2)13(17)16-10-7-6-9-4-3-5-12(15)11(9)8-10/h6-8H,3-5H2,1-2H3. The van der Waals surface area contributed by atoms with Crippen LogP contribution in [0.1, 0.15) is 28.8 Å². The van der Waals surface area contributed by atoms with Gasteiger partial charge in [0.15, 0.2) is 5.78 Å². The summed E-state index contributed by atoms with van der Waals surface area (Å²) >= 11 is 5.06. The summed E-state index contributed by atoms with van der Waals surface area (Å²) in [5.41, 5.74) is 1.90. The molecule has 0 amide bonds. The van der Waals surface area contributed by atoms with E-state index in [1.165, 1.54) is 0 Å². The highest BCUT2D eigenvalue weighted by Gasteiger charge is 2.18. The molecule has 17 heavy (non-hydrogen) atoms. The molecule has 0 heterocycles. The maximum absolute atomic E-state index is 11.8. The Morgan fingerprint density at radius 1 is 1.35 bits per heavy atom. The molecule has 1 aliphatic rings. The second kappa shape index (κ2) is 4.84. The van der Waals surface area contributed by atoms with Gasteiger partial charge in [-0.25, -0.2) is 0 Å². The first kappa shape index (κ1) is 12.0. The lowest BCUT2D eigenvalue weighted by Gasteiger charge is -2.17. The van der Waals surface area contributed by atoms with Crippen molar-refractivity contribution in [1.29, 1.82) is 0 Å². The second-order valence-electron chi connectivity index (χ2n) is 4.36. The van der Waals surface area contributed by atoms with Gasteiger partial charge in [0, 0.05) is 26.1 Å². The summed E-state index contributed by atoms with van der Waals surface area (Å²) in [6.45, 7) is 0. The van der Waals surface area contributed by atoms with Crippen LogP contribution in [0.3, 0.4) is 0 Å². The minimum atomic E-state index is 0.201. The third-order valence-electron chi connectivity index (χ3n) is 2.80. The molecule has 0 N–H and O–H groups in total. The van der Waals surface area contributed by atoms with Crippen LogP contribution in [0.4, 0.5) is 0 Å². The molecule has 1 aliphatic carbocycles. The number of ether oxygens (including phenoxy) is 1. The molecule has 4 heteroatoms. The Kier molecular flexibility index (Phi) is 3.43. The van der Waals surface area contributed by atoms with E-state index in [9.17, 15) is 4.79 Å². The molecule has 0 saturated carbocycles. The van der Waals surface area contributed by atoms with Crippen LogP contribution in [-0.4, -0.2) is 30.0 Å². The zero-order chi connectivity index (χ0) is 12.4. The molecule has 0 atom stereocenters. The molecule has 0 aliphatic heterocycles. The van der Waals surface area contributed by atoms with Crippen LogP contribution in [0, 0.1) is 0 Å². The van der Waals surface area contributed by atoms with Crippen molar-refractivity contribution in [2.45, 2.75) is 19.3 Å². The molecular formula is C13H15NO2S. The number of ketones is 1. The molecule has 0 spiro atoms. The highest BCUT2D eigenvalue weighted by molar-refractivity contribution is 7.80. The number of nitrogens with zero attached hydrogens (tertiary/aromatic N) is 1. The van der Waals surface area contributed by atoms with E-state index in [0.29, 0.717) is 17.3 Å². The van der Waals surface area contributed by atoms with Gasteiger partial charge in [0.1, 0.15) is 5.75 Å². The van der Waals surface area contributed by atoms with Crippen molar-refractivity contribution in [2.24, 2.45) is 0 Å². The van der Waals surface area contributed by atoms with Gasteiger partial charge in [-0.2, -0.15) is 0 Å². The lowest BCUT2D eigenvalue weighted by atomic mass is 9.91. The SMILES string of the molecule is CN(C)C(=S)Oc1ccc2c(c1)C(=O)CCC2. The number of carbonyl (C=O) groups excluding carboxylic acids is 1. The van der Waals surface area contributed by atoms with Gasteiger partial charge in [-0.15, -0.1) is 0 Å². The van der Waals surface area contributed by atoms with Crippen molar-refractivity contribution >= 4 is 23.2 Å². The summed E-state index contributed by atoms with van der Waals surface area (Å²) in [5.74, 6) is 0.838. The van der Waals surface area contributed by atoms with E-state index in [0.717, 1.165) is 24.0 Å². The van der Waals surface area contributed by atoms with Crippen molar-refractivity contribution in [3.63, 3.8) is 0 Å². The zero-order valence-electron chi connectivity index (χ0n) is 10.0. The molecule has 0 fully saturated rings. The van der Waals surface area contributed by atoms with E-state index >= 15 is 0 Å². The van der Waals surface area contributed by atoms with E-state index in [1.807, 2.05) is 26.2 Å². The van der Waals surface area contributed by atoms with E-state index < -0.39 is 0 Å². The van der Waals surface area contributed by atoms with Gasteiger partial charge in [-0.3, -0.25) is 4.79 Å². The van der Waals surface area contributed by atoms with Crippen molar-refractivity contribution < 1.29 is 9.53 Å². The number of Topliss-reactive ketones (excluding diaryl/α,β-unsaturated/α-hetero) is 1. The average Bonchev–Trinajstić information content (AvgIpc) is 2.30. The monoisotopic (exact) mass is 249 g/mol. The normalized spacial score (nSPS) is 14.1. The van der Waals surface area contributed by atoms with E-state index in [4.69, 9.17) is 17.0 Å². The number of fused-ring (bicyclic) bond motifs is 1. The Balaban J connectivity index is 2.24. The number of aryl methyl sites for hydroxylation is 1. The van der Waals surface area contributed by atoms with E-state index in [-0.39, 0.29) is 5.78 Å². The first-order valence-corrected chi connectivity index (χ1v) is 6.04. The summed E-state index contributed by atoms with van der Waals surface area (Å²) in [5, 5.41) is 0.396. The number of rotatable bonds is 1. The summed E-state index contributed by atoms with van der Waals surface area (Å²) in [6.07, 6.45) is 2.55. The smallest absolute Gasteiger partial charge is 0.264 e. The molecule has 90 valence electrons. The predicted molar refractivity (Wildman–Crippen MR) is 70.6 cm³/mol. The molecule has 0 unspecified atom stereocenters. The van der Waals surface area contributed by atoms with Crippen molar-refractivity contribution in [3.05, 3.63) is 29.3 Å². The molecule has 1 aromatic carbocycles. The third-order valence-corrected chi connectivity index (χ3v) is 3.25. The Morgan fingerprint density at radius 2 is 2.12 bits per heavy atom. The topological polar surface area (TPSA) is 29.5 Å². The number of thiocarbonyl (C=S) groups is 1. The molecule has 0 bridgehead atoms. The van der Waals surface area contributed by atoms with Crippen LogP contribution in [0.15, 0.2) is 18.2 Å². The number of benzene rings is 1. The molecule has 0 saturated heterocycles. The fourth-order valence-corrected chi connectivity index (χ4v) is 1.96. The van der Waals surface area contributed by atoms with Gasteiger partial charge in [-0.05, 0) is 42.8 Å². The van der Waals surface area contributed by atoms with Crippen LogP contribution in [0.2, 0.25) is 0 Å². The first-order chi connectivity index (χ1) is 8.08. The summed E-state index contributed by atoms with van der Waals surface area (Å²) < 4.78 is 5.50. The van der Waals surface area contributed by atoms with Crippen LogP contribution < -0.4 is 4.74 Å². The lowest BCUT2D eigenvalue weighted by Crippen LogP contribution is -2.25. The Bertz CT molecular complexity index is 468. The maximum atomic E-state index is 11.8. The Labute approximate surface area is 106 Å². The van der Waals surface area contributed by atoms with Gasteiger partial charge in [-0.1, -0.05) is 6.07 Å². The maximum Gasteiger partial charge on any atom is 0.264 e. The zero-order valence-corrected chi connectivity index (χ0v) is 10.8. The first-order valence-electron chi connectivity index (χ1n) is 5.63. The highest BCUT2D eigenvalue weighted by Crippen LogP contribution is 2.25. The van der Waals surface area contributed by atoms with Crippen LogP contribution in [0.25, 0.3) is 0 Å². The lowest BCUT2D eigenvalue weighted by molar-refractivity contribution is 0.0972. The van der Waals surface area contributed by atoms with Gasteiger partial charge >= 0.3 is 0 Å². The predicted octanol–water partition coefficient (Wildman–Crippen LogP) is 2.43. The van der Waals surface area contributed by atoms with Crippen LogP contribution in [-0.2, 0) is 6.42 Å². The molecule has 0 aromatic heterocycles. The molecule has 1 aromatic rings. The van der Waals surface area contributed by atoms with Gasteiger partial charge < -0.3 is 9.64 Å². The van der Waals surface area contributed by atoms with E-state index in [1.54, 1.807) is 11.0 Å². The van der Waals surface area contributed by atoms with Gasteiger partial charge in [0.2, 0.25) is 0 Å². The Hall–Kier alpha value is -1.42. The van der Waals surface area contributed by atoms with Crippen molar-refractivity contribution in [1.82, 2.24) is 4.90 Å². The average molecular weight is 249 g/mol.